The summed E-state index contributed by atoms with van der Waals surface area (Å²) in [7, 11) is 0. The molecular formula is C20H28N6O. The fraction of sp³-hybridized carbons (Fsp3) is 0.650. The van der Waals surface area contributed by atoms with Crippen LogP contribution in [0.25, 0.3) is 0 Å². The summed E-state index contributed by atoms with van der Waals surface area (Å²) in [5.41, 5.74) is 4.16. The molecule has 2 aromatic rings. The average Bonchev–Trinajstić information content (AvgIpc) is 3.22. The summed E-state index contributed by atoms with van der Waals surface area (Å²) in [6.07, 6.45) is 8.32. The van der Waals surface area contributed by atoms with E-state index in [0.29, 0.717) is 11.6 Å². The Kier molecular flexibility index (Phi) is 4.07. The van der Waals surface area contributed by atoms with E-state index < -0.39 is 0 Å². The van der Waals surface area contributed by atoms with Gasteiger partial charge in [-0.2, -0.15) is 5.10 Å². The number of imidazole rings is 1. The summed E-state index contributed by atoms with van der Waals surface area (Å²) in [5.74, 6) is 0.653. The Labute approximate surface area is 159 Å². The van der Waals surface area contributed by atoms with Crippen molar-refractivity contribution in [2.75, 3.05) is 26.2 Å². The first kappa shape index (κ1) is 17.0. The highest BCUT2D eigenvalue weighted by molar-refractivity contribution is 5.92. The number of carbonyl (C=O) groups excluding carboxylic acids is 1. The molecule has 5 rings (SSSR count). The van der Waals surface area contributed by atoms with E-state index in [1.165, 1.54) is 24.2 Å². The summed E-state index contributed by atoms with van der Waals surface area (Å²) in [4.78, 5) is 25.6. The van der Waals surface area contributed by atoms with Crippen LogP contribution in [0.2, 0.25) is 0 Å². The number of aromatic nitrogens is 4. The molecule has 0 aromatic carbocycles. The number of nitrogens with zero attached hydrogens (tertiary/aromatic N) is 4. The molecule has 0 unspecified atom stereocenters. The van der Waals surface area contributed by atoms with Gasteiger partial charge in [-0.25, -0.2) is 4.98 Å². The minimum atomic E-state index is -0.0227. The zero-order valence-corrected chi connectivity index (χ0v) is 16.0. The van der Waals surface area contributed by atoms with E-state index in [2.05, 4.69) is 27.0 Å². The lowest BCUT2D eigenvalue weighted by molar-refractivity contribution is 0.00690. The van der Waals surface area contributed by atoms with E-state index in [1.54, 1.807) is 0 Å². The molecule has 7 heteroatoms. The molecule has 2 aliphatic heterocycles. The van der Waals surface area contributed by atoms with Crippen molar-refractivity contribution >= 4 is 5.91 Å². The molecule has 7 nitrogen and oxygen atoms in total. The van der Waals surface area contributed by atoms with Crippen LogP contribution >= 0.6 is 0 Å². The van der Waals surface area contributed by atoms with Crippen molar-refractivity contribution in [1.29, 1.82) is 0 Å². The highest BCUT2D eigenvalue weighted by atomic mass is 16.2. The van der Waals surface area contributed by atoms with Crippen LogP contribution in [0.3, 0.4) is 0 Å². The summed E-state index contributed by atoms with van der Waals surface area (Å²) >= 11 is 0. The standard InChI is InChI=1S/C20H28N6O/c1-2-8-26-9-5-15-18(22-13-21-15)20(26)6-10-25(11-7-20)19(27)17-12-16(23-24-17)14-3-4-14/h12-14H,2-11H2,1H3,(H,21,22)(H,23,24). The monoisotopic (exact) mass is 368 g/mol. The lowest BCUT2D eigenvalue weighted by Gasteiger charge is -2.50. The maximum absolute atomic E-state index is 12.9. The number of hydrogen-bond acceptors (Lipinski definition) is 4. The van der Waals surface area contributed by atoms with Crippen molar-refractivity contribution in [3.05, 3.63) is 35.2 Å². The number of carbonyl (C=O) groups is 1. The largest absolute Gasteiger partial charge is 0.348 e. The van der Waals surface area contributed by atoms with Crippen molar-refractivity contribution in [2.45, 2.75) is 56.9 Å². The van der Waals surface area contributed by atoms with Gasteiger partial charge in [0.05, 0.1) is 17.6 Å². The molecule has 4 heterocycles. The number of hydrogen-bond donors (Lipinski definition) is 2. The zero-order chi connectivity index (χ0) is 18.4. The van der Waals surface area contributed by atoms with Crippen molar-refractivity contribution in [3.8, 4) is 0 Å². The fourth-order valence-electron chi connectivity index (χ4n) is 4.96. The number of fused-ring (bicyclic) bond motifs is 2. The molecule has 1 aliphatic carbocycles. The van der Waals surface area contributed by atoms with Gasteiger partial charge in [-0.15, -0.1) is 0 Å². The molecule has 3 aliphatic rings. The van der Waals surface area contributed by atoms with Gasteiger partial charge in [0, 0.05) is 43.4 Å². The van der Waals surface area contributed by atoms with Crippen LogP contribution in [0.1, 0.15) is 72.5 Å². The lowest BCUT2D eigenvalue weighted by Crippen LogP contribution is -2.57. The van der Waals surface area contributed by atoms with E-state index in [-0.39, 0.29) is 11.4 Å². The molecule has 0 radical (unpaired) electrons. The van der Waals surface area contributed by atoms with Gasteiger partial charge in [-0.05, 0) is 44.7 Å². The number of rotatable bonds is 4. The van der Waals surface area contributed by atoms with Crippen molar-refractivity contribution < 1.29 is 4.79 Å². The van der Waals surface area contributed by atoms with Crippen LogP contribution in [-0.2, 0) is 12.0 Å². The van der Waals surface area contributed by atoms with Crippen LogP contribution in [-0.4, -0.2) is 62.1 Å². The highest BCUT2D eigenvalue weighted by Crippen LogP contribution is 2.42. The second-order valence-corrected chi connectivity index (χ2v) is 8.27. The Morgan fingerprint density at radius 3 is 2.85 bits per heavy atom. The summed E-state index contributed by atoms with van der Waals surface area (Å²) in [6, 6.07) is 1.96. The Balaban J connectivity index is 1.34. The molecule has 0 atom stereocenters. The maximum atomic E-state index is 12.9. The quantitative estimate of drug-likeness (QED) is 0.868. The number of amides is 1. The van der Waals surface area contributed by atoms with E-state index in [4.69, 9.17) is 4.98 Å². The third-order valence-electron chi connectivity index (χ3n) is 6.60. The predicted octanol–water partition coefficient (Wildman–Crippen LogP) is 2.41. The minimum absolute atomic E-state index is 0.0227. The number of aromatic amines is 2. The van der Waals surface area contributed by atoms with E-state index in [9.17, 15) is 4.79 Å². The molecule has 1 amide bonds. The maximum Gasteiger partial charge on any atom is 0.274 e. The number of likely N-dealkylation sites (tertiary alicyclic amines) is 1. The Morgan fingerprint density at radius 2 is 2.11 bits per heavy atom. The summed E-state index contributed by atoms with van der Waals surface area (Å²) in [5, 5.41) is 7.34. The van der Waals surface area contributed by atoms with Gasteiger partial charge >= 0.3 is 0 Å². The summed E-state index contributed by atoms with van der Waals surface area (Å²) < 4.78 is 0. The third kappa shape index (κ3) is 2.79. The predicted molar refractivity (Wildman–Crippen MR) is 102 cm³/mol. The van der Waals surface area contributed by atoms with Crippen LogP contribution in [0.4, 0.5) is 0 Å². The second kappa shape index (κ2) is 6.48. The highest BCUT2D eigenvalue weighted by Gasteiger charge is 2.47. The molecule has 2 aromatic heterocycles. The zero-order valence-electron chi connectivity index (χ0n) is 16.0. The second-order valence-electron chi connectivity index (χ2n) is 8.27. The van der Waals surface area contributed by atoms with Gasteiger partial charge in [-0.1, -0.05) is 6.92 Å². The smallest absolute Gasteiger partial charge is 0.274 e. The van der Waals surface area contributed by atoms with Crippen molar-refractivity contribution in [1.82, 2.24) is 30.0 Å². The molecule has 1 spiro atoms. The molecule has 1 saturated carbocycles. The molecule has 0 bridgehead atoms. The van der Waals surface area contributed by atoms with Crippen molar-refractivity contribution in [3.63, 3.8) is 0 Å². The molecule has 2 N–H and O–H groups in total. The van der Waals surface area contributed by atoms with Crippen LogP contribution in [0, 0.1) is 0 Å². The first-order valence-corrected chi connectivity index (χ1v) is 10.3. The topological polar surface area (TPSA) is 80.9 Å². The van der Waals surface area contributed by atoms with E-state index in [1.807, 2.05) is 17.3 Å². The molecule has 144 valence electrons. The summed E-state index contributed by atoms with van der Waals surface area (Å²) in [6.45, 7) is 5.92. The Morgan fingerprint density at radius 1 is 1.30 bits per heavy atom. The third-order valence-corrected chi connectivity index (χ3v) is 6.60. The van der Waals surface area contributed by atoms with Crippen LogP contribution < -0.4 is 0 Å². The SMILES string of the molecule is CCCN1CCc2[nH]cnc2C12CCN(C(=O)c1cc(C3CC3)[nH]n1)CC2. The van der Waals surface area contributed by atoms with Crippen molar-refractivity contribution in [2.24, 2.45) is 0 Å². The number of H-pyrrole nitrogens is 2. The van der Waals surface area contributed by atoms with E-state index in [0.717, 1.165) is 57.6 Å². The lowest BCUT2D eigenvalue weighted by atomic mass is 9.78. The van der Waals surface area contributed by atoms with Gasteiger partial charge in [0.1, 0.15) is 5.69 Å². The molecule has 27 heavy (non-hydrogen) atoms. The molecule has 2 fully saturated rings. The minimum Gasteiger partial charge on any atom is -0.348 e. The van der Waals surface area contributed by atoms with Crippen LogP contribution in [0.15, 0.2) is 12.4 Å². The Bertz CT molecular complexity index is 827. The Hall–Kier alpha value is -2.15. The normalized spacial score (nSPS) is 22.2. The first-order chi connectivity index (χ1) is 13.2. The number of piperidine rings is 1. The van der Waals surface area contributed by atoms with Crippen LogP contribution in [0.5, 0.6) is 0 Å². The molecular weight excluding hydrogens is 340 g/mol. The fourth-order valence-corrected chi connectivity index (χ4v) is 4.96. The molecule has 1 saturated heterocycles. The van der Waals surface area contributed by atoms with E-state index >= 15 is 0 Å². The average molecular weight is 368 g/mol. The van der Waals surface area contributed by atoms with Gasteiger partial charge in [0.2, 0.25) is 0 Å². The number of nitrogens with one attached hydrogen (secondary N) is 2. The first-order valence-electron chi connectivity index (χ1n) is 10.3. The van der Waals surface area contributed by atoms with Gasteiger partial charge < -0.3 is 9.88 Å². The van der Waals surface area contributed by atoms with Gasteiger partial charge in [-0.3, -0.25) is 14.8 Å². The van der Waals surface area contributed by atoms with Gasteiger partial charge in [0.25, 0.3) is 5.91 Å². The van der Waals surface area contributed by atoms with Gasteiger partial charge in [0.15, 0.2) is 0 Å².